The van der Waals surface area contributed by atoms with Crippen molar-refractivity contribution in [3.8, 4) is 21.7 Å². The highest BCUT2D eigenvalue weighted by molar-refractivity contribution is 7.19. The molecule has 18 heavy (non-hydrogen) atoms. The number of halogens is 1. The Kier molecular flexibility index (Phi) is 3.04. The molecule has 88 valence electrons. The van der Waals surface area contributed by atoms with Crippen LogP contribution in [-0.2, 0) is 0 Å². The van der Waals surface area contributed by atoms with Crippen LogP contribution in [0.25, 0.3) is 21.7 Å². The maximum atomic E-state index is 6.04. The van der Waals surface area contributed by atoms with Crippen LogP contribution in [0.3, 0.4) is 0 Å². The van der Waals surface area contributed by atoms with E-state index in [1.165, 1.54) is 11.3 Å². The summed E-state index contributed by atoms with van der Waals surface area (Å²) in [5.74, 6) is 0. The zero-order valence-corrected chi connectivity index (χ0v) is 10.8. The van der Waals surface area contributed by atoms with Crippen molar-refractivity contribution < 1.29 is 0 Å². The number of nitrogens with zero attached hydrogens (tertiary/aromatic N) is 3. The molecule has 0 amide bonds. The first kappa shape index (κ1) is 11.3. The molecule has 5 heteroatoms. The van der Waals surface area contributed by atoms with E-state index >= 15 is 0 Å². The zero-order valence-electron chi connectivity index (χ0n) is 9.25. The van der Waals surface area contributed by atoms with Crippen molar-refractivity contribution in [1.82, 2.24) is 15.0 Å². The van der Waals surface area contributed by atoms with E-state index < -0.39 is 0 Å². The van der Waals surface area contributed by atoms with E-state index in [0.717, 1.165) is 21.7 Å². The topological polar surface area (TPSA) is 38.7 Å². The van der Waals surface area contributed by atoms with E-state index in [0.29, 0.717) is 4.47 Å². The molecule has 0 aliphatic rings. The fourth-order valence-electron chi connectivity index (χ4n) is 1.69. The van der Waals surface area contributed by atoms with Crippen molar-refractivity contribution in [2.45, 2.75) is 0 Å². The number of hydrogen-bond acceptors (Lipinski definition) is 4. The summed E-state index contributed by atoms with van der Waals surface area (Å²) in [5.41, 5.74) is 2.89. The Morgan fingerprint density at radius 3 is 2.50 bits per heavy atom. The minimum atomic E-state index is 0.528. The predicted octanol–water partition coefficient (Wildman–Crippen LogP) is 3.92. The highest BCUT2D eigenvalue weighted by atomic mass is 35.5. The van der Waals surface area contributed by atoms with Gasteiger partial charge in [-0.1, -0.05) is 11.6 Å². The fraction of sp³-hybridized carbons (Fsp3) is 0. The van der Waals surface area contributed by atoms with Crippen molar-refractivity contribution in [3.05, 3.63) is 53.5 Å². The average Bonchev–Trinajstić information content (AvgIpc) is 2.83. The SMILES string of the molecule is Clc1nc(-c2cccnc2)c(-c2ccncc2)s1. The van der Waals surface area contributed by atoms with E-state index in [9.17, 15) is 0 Å². The van der Waals surface area contributed by atoms with E-state index in [2.05, 4.69) is 15.0 Å². The Balaban J connectivity index is 2.17. The predicted molar refractivity (Wildman–Crippen MR) is 73.6 cm³/mol. The van der Waals surface area contributed by atoms with E-state index in [-0.39, 0.29) is 0 Å². The van der Waals surface area contributed by atoms with Crippen LogP contribution in [0, 0.1) is 0 Å². The van der Waals surface area contributed by atoms with Crippen LogP contribution in [-0.4, -0.2) is 15.0 Å². The van der Waals surface area contributed by atoms with Crippen LogP contribution in [0.1, 0.15) is 0 Å². The van der Waals surface area contributed by atoms with Gasteiger partial charge in [0.25, 0.3) is 0 Å². The lowest BCUT2D eigenvalue weighted by Gasteiger charge is -2.01. The molecule has 0 bridgehead atoms. The quantitative estimate of drug-likeness (QED) is 0.710. The van der Waals surface area contributed by atoms with Crippen LogP contribution in [0.15, 0.2) is 49.1 Å². The van der Waals surface area contributed by atoms with Crippen LogP contribution in [0.5, 0.6) is 0 Å². The van der Waals surface area contributed by atoms with Gasteiger partial charge in [0, 0.05) is 30.4 Å². The smallest absolute Gasteiger partial charge is 0.184 e. The minimum absolute atomic E-state index is 0.528. The standard InChI is InChI=1S/C13H8ClN3S/c14-13-17-11(10-2-1-5-16-8-10)12(18-13)9-3-6-15-7-4-9/h1-8H. The number of aromatic nitrogens is 3. The lowest BCUT2D eigenvalue weighted by atomic mass is 10.1. The maximum Gasteiger partial charge on any atom is 0.184 e. The van der Waals surface area contributed by atoms with E-state index in [1.54, 1.807) is 24.8 Å². The van der Waals surface area contributed by atoms with Gasteiger partial charge in [-0.3, -0.25) is 9.97 Å². The van der Waals surface area contributed by atoms with Crippen molar-refractivity contribution in [2.24, 2.45) is 0 Å². The Hall–Kier alpha value is -1.78. The molecular formula is C13H8ClN3S. The molecule has 0 fully saturated rings. The monoisotopic (exact) mass is 273 g/mol. The van der Waals surface area contributed by atoms with Crippen molar-refractivity contribution in [1.29, 1.82) is 0 Å². The number of thiazole rings is 1. The van der Waals surface area contributed by atoms with Crippen molar-refractivity contribution in [3.63, 3.8) is 0 Å². The molecule has 0 aromatic carbocycles. The second kappa shape index (κ2) is 4.84. The largest absolute Gasteiger partial charge is 0.265 e. The summed E-state index contributed by atoms with van der Waals surface area (Å²) >= 11 is 7.50. The molecule has 0 aliphatic heterocycles. The molecule has 3 aromatic rings. The van der Waals surface area contributed by atoms with Gasteiger partial charge in [-0.05, 0) is 29.8 Å². The van der Waals surface area contributed by atoms with Gasteiger partial charge in [0.1, 0.15) is 0 Å². The fourth-order valence-corrected chi connectivity index (χ4v) is 2.83. The second-order valence-corrected chi connectivity index (χ2v) is 5.20. The molecule has 3 heterocycles. The van der Waals surface area contributed by atoms with Gasteiger partial charge in [-0.2, -0.15) is 0 Å². The maximum absolute atomic E-state index is 6.04. The Morgan fingerprint density at radius 2 is 1.78 bits per heavy atom. The second-order valence-electron chi connectivity index (χ2n) is 3.62. The molecule has 0 atom stereocenters. The third-order valence-electron chi connectivity index (χ3n) is 2.48. The highest BCUT2D eigenvalue weighted by Crippen LogP contribution is 2.37. The van der Waals surface area contributed by atoms with Gasteiger partial charge in [-0.25, -0.2) is 4.98 Å². The summed E-state index contributed by atoms with van der Waals surface area (Å²) in [6.45, 7) is 0. The summed E-state index contributed by atoms with van der Waals surface area (Å²) in [7, 11) is 0. The number of hydrogen-bond donors (Lipinski definition) is 0. The van der Waals surface area contributed by atoms with Gasteiger partial charge < -0.3 is 0 Å². The van der Waals surface area contributed by atoms with Gasteiger partial charge in [0.05, 0.1) is 10.6 Å². The average molecular weight is 274 g/mol. The van der Waals surface area contributed by atoms with Crippen molar-refractivity contribution in [2.75, 3.05) is 0 Å². The van der Waals surface area contributed by atoms with E-state index in [1.807, 2.05) is 24.3 Å². The van der Waals surface area contributed by atoms with E-state index in [4.69, 9.17) is 11.6 Å². The van der Waals surface area contributed by atoms with Gasteiger partial charge in [-0.15, -0.1) is 11.3 Å². The lowest BCUT2D eigenvalue weighted by Crippen LogP contribution is -1.83. The minimum Gasteiger partial charge on any atom is -0.265 e. The molecule has 0 aliphatic carbocycles. The zero-order chi connectivity index (χ0) is 12.4. The van der Waals surface area contributed by atoms with Crippen LogP contribution in [0.2, 0.25) is 4.47 Å². The van der Waals surface area contributed by atoms with Crippen LogP contribution >= 0.6 is 22.9 Å². The van der Waals surface area contributed by atoms with Gasteiger partial charge >= 0.3 is 0 Å². The van der Waals surface area contributed by atoms with Gasteiger partial charge in [0.2, 0.25) is 0 Å². The third-order valence-corrected chi connectivity index (χ3v) is 3.69. The number of pyridine rings is 2. The summed E-state index contributed by atoms with van der Waals surface area (Å²) < 4.78 is 0.528. The first-order chi connectivity index (χ1) is 8.84. The molecule has 3 nitrogen and oxygen atoms in total. The summed E-state index contributed by atoms with van der Waals surface area (Å²) in [6.07, 6.45) is 7.05. The summed E-state index contributed by atoms with van der Waals surface area (Å²) in [5, 5.41) is 0. The molecule has 0 unspecified atom stereocenters. The summed E-state index contributed by atoms with van der Waals surface area (Å²) in [6, 6.07) is 7.76. The highest BCUT2D eigenvalue weighted by Gasteiger charge is 2.13. The molecule has 0 spiro atoms. The molecule has 0 saturated heterocycles. The first-order valence-corrected chi connectivity index (χ1v) is 6.51. The Morgan fingerprint density at radius 1 is 0.944 bits per heavy atom. The van der Waals surface area contributed by atoms with Gasteiger partial charge in [0.15, 0.2) is 4.47 Å². The molecular weight excluding hydrogens is 266 g/mol. The number of rotatable bonds is 2. The molecule has 0 N–H and O–H groups in total. The van der Waals surface area contributed by atoms with Crippen molar-refractivity contribution >= 4 is 22.9 Å². The summed E-state index contributed by atoms with van der Waals surface area (Å²) in [4.78, 5) is 13.6. The lowest BCUT2D eigenvalue weighted by molar-refractivity contribution is 1.30. The van der Waals surface area contributed by atoms with Crippen LogP contribution in [0.4, 0.5) is 0 Å². The Labute approximate surface area is 113 Å². The normalized spacial score (nSPS) is 10.5. The molecule has 3 aromatic heterocycles. The molecule has 0 radical (unpaired) electrons. The first-order valence-electron chi connectivity index (χ1n) is 5.32. The molecule has 3 rings (SSSR count). The molecule has 0 saturated carbocycles. The Bertz CT molecular complexity index is 596. The third kappa shape index (κ3) is 2.12. The van der Waals surface area contributed by atoms with Crippen LogP contribution < -0.4 is 0 Å².